The van der Waals surface area contributed by atoms with Crippen LogP contribution in [0.2, 0.25) is 0 Å². The van der Waals surface area contributed by atoms with E-state index in [4.69, 9.17) is 4.74 Å². The molecular formula is C20H21F3N2O3S. The monoisotopic (exact) mass is 426 g/mol. The van der Waals surface area contributed by atoms with Crippen LogP contribution >= 0.6 is 11.3 Å². The number of halogens is 3. The van der Waals surface area contributed by atoms with E-state index in [0.29, 0.717) is 9.78 Å². The fourth-order valence-corrected chi connectivity index (χ4v) is 4.31. The van der Waals surface area contributed by atoms with Crippen molar-refractivity contribution in [2.75, 3.05) is 12.0 Å². The van der Waals surface area contributed by atoms with Gasteiger partial charge < -0.3 is 10.1 Å². The number of nitrogens with one attached hydrogen (secondary N) is 1. The molecule has 9 heteroatoms. The van der Waals surface area contributed by atoms with Gasteiger partial charge in [-0.1, -0.05) is 31.0 Å². The molecule has 1 saturated carbocycles. The minimum absolute atomic E-state index is 0.0697. The molecular weight excluding hydrogens is 405 g/mol. The number of para-hydroxylation sites is 2. The molecule has 1 N–H and O–H groups in total. The summed E-state index contributed by atoms with van der Waals surface area (Å²) < 4.78 is 45.8. The number of nitrogens with zero attached hydrogens (tertiary/aromatic N) is 1. The molecule has 156 valence electrons. The van der Waals surface area contributed by atoms with Crippen LogP contribution in [0.5, 0.6) is 5.75 Å². The summed E-state index contributed by atoms with van der Waals surface area (Å²) in [6.45, 7) is 0. The topological polar surface area (TPSA) is 58.6 Å². The third-order valence-corrected chi connectivity index (χ3v) is 5.75. The Morgan fingerprint density at radius 1 is 1.17 bits per heavy atom. The minimum atomic E-state index is -5.16. The van der Waals surface area contributed by atoms with Crippen LogP contribution in [0.4, 0.5) is 18.9 Å². The molecule has 29 heavy (non-hydrogen) atoms. The van der Waals surface area contributed by atoms with Crippen molar-refractivity contribution < 1.29 is 27.5 Å². The first-order valence-corrected chi connectivity index (χ1v) is 10.1. The number of carbonyl (C=O) groups is 2. The second-order valence-electron chi connectivity index (χ2n) is 6.75. The Hall–Kier alpha value is -2.55. The molecule has 0 aliphatic heterocycles. The Kier molecular flexibility index (Phi) is 6.46. The lowest BCUT2D eigenvalue weighted by atomic mass is 10.1. The van der Waals surface area contributed by atoms with Gasteiger partial charge in [0, 0.05) is 10.9 Å². The summed E-state index contributed by atoms with van der Waals surface area (Å²) in [7, 11) is 1.30. The standard InChI is InChI=1S/C20H21F3N2O3S/c1-28-15-10-5-4-9-14(15)25(19(27)20(21,22)23)17(16-11-6-12-29-16)18(26)24-13-7-2-3-8-13/h4-6,9-13,17H,2-3,7-8H2,1H3,(H,24,26)/t17-/m0/s1. The SMILES string of the molecule is COc1ccccc1N(C(=O)C(F)(F)F)[C@H](C(=O)NC1CCCC1)c1cccs1. The second-order valence-corrected chi connectivity index (χ2v) is 7.73. The fourth-order valence-electron chi connectivity index (χ4n) is 3.50. The van der Waals surface area contributed by atoms with E-state index >= 15 is 0 Å². The molecule has 1 aliphatic carbocycles. The number of methoxy groups -OCH3 is 1. The van der Waals surface area contributed by atoms with Gasteiger partial charge in [-0.25, -0.2) is 0 Å². The van der Waals surface area contributed by atoms with Crippen molar-refractivity contribution in [1.82, 2.24) is 5.32 Å². The maximum atomic E-state index is 13.5. The van der Waals surface area contributed by atoms with E-state index in [0.717, 1.165) is 37.0 Å². The summed E-state index contributed by atoms with van der Waals surface area (Å²) in [5.74, 6) is -2.69. The van der Waals surface area contributed by atoms with Gasteiger partial charge >= 0.3 is 12.1 Å². The van der Waals surface area contributed by atoms with E-state index in [1.54, 1.807) is 23.6 Å². The van der Waals surface area contributed by atoms with Crippen LogP contribution in [-0.4, -0.2) is 31.1 Å². The lowest BCUT2D eigenvalue weighted by Gasteiger charge is -2.32. The second kappa shape index (κ2) is 8.86. The highest BCUT2D eigenvalue weighted by molar-refractivity contribution is 7.10. The number of hydrogen-bond acceptors (Lipinski definition) is 4. The number of carbonyl (C=O) groups excluding carboxylic acids is 2. The van der Waals surface area contributed by atoms with Crippen LogP contribution < -0.4 is 15.0 Å². The van der Waals surface area contributed by atoms with Gasteiger partial charge in [-0.2, -0.15) is 13.2 Å². The van der Waals surface area contributed by atoms with Gasteiger partial charge in [0.15, 0.2) is 6.04 Å². The zero-order valence-electron chi connectivity index (χ0n) is 15.7. The van der Waals surface area contributed by atoms with Crippen molar-refractivity contribution in [3.63, 3.8) is 0 Å². The highest BCUT2D eigenvalue weighted by Crippen LogP contribution is 2.39. The number of alkyl halides is 3. The highest BCUT2D eigenvalue weighted by Gasteiger charge is 2.48. The summed E-state index contributed by atoms with van der Waals surface area (Å²) in [5, 5.41) is 4.48. The van der Waals surface area contributed by atoms with E-state index in [1.165, 1.54) is 25.3 Å². The summed E-state index contributed by atoms with van der Waals surface area (Å²) >= 11 is 1.12. The third kappa shape index (κ3) is 4.72. The van der Waals surface area contributed by atoms with Gasteiger partial charge in [0.2, 0.25) is 5.91 Å². The van der Waals surface area contributed by atoms with Crippen molar-refractivity contribution >= 4 is 28.8 Å². The Labute approximate surface area is 170 Å². The van der Waals surface area contributed by atoms with Gasteiger partial charge in [0.25, 0.3) is 0 Å². The number of amides is 2. The van der Waals surface area contributed by atoms with Crippen LogP contribution in [0.3, 0.4) is 0 Å². The van der Waals surface area contributed by atoms with Gasteiger partial charge in [-0.3, -0.25) is 14.5 Å². The molecule has 0 unspecified atom stereocenters. The Bertz CT molecular complexity index is 849. The van der Waals surface area contributed by atoms with Crippen LogP contribution in [0.25, 0.3) is 0 Å². The predicted octanol–water partition coefficient (Wildman–Crippen LogP) is 4.45. The molecule has 1 aromatic heterocycles. The fraction of sp³-hybridized carbons (Fsp3) is 0.400. The van der Waals surface area contributed by atoms with Gasteiger partial charge in [-0.15, -0.1) is 11.3 Å². The quantitative estimate of drug-likeness (QED) is 0.742. The minimum Gasteiger partial charge on any atom is -0.495 e. The molecule has 2 aromatic rings. The maximum absolute atomic E-state index is 13.5. The van der Waals surface area contributed by atoms with Crippen molar-refractivity contribution in [3.05, 3.63) is 46.7 Å². The number of ether oxygens (including phenoxy) is 1. The molecule has 0 saturated heterocycles. The summed E-state index contributed by atoms with van der Waals surface area (Å²) in [5.41, 5.74) is -0.114. The van der Waals surface area contributed by atoms with E-state index in [9.17, 15) is 22.8 Å². The number of benzene rings is 1. The predicted molar refractivity (Wildman–Crippen MR) is 104 cm³/mol. The number of thiophene rings is 1. The number of hydrogen-bond donors (Lipinski definition) is 1. The van der Waals surface area contributed by atoms with Crippen LogP contribution in [0.15, 0.2) is 41.8 Å². The smallest absolute Gasteiger partial charge is 0.471 e. The van der Waals surface area contributed by atoms with Crippen LogP contribution in [0, 0.1) is 0 Å². The molecule has 1 atom stereocenters. The zero-order chi connectivity index (χ0) is 21.0. The van der Waals surface area contributed by atoms with E-state index in [-0.39, 0.29) is 17.5 Å². The normalized spacial score (nSPS) is 15.7. The molecule has 2 amide bonds. The largest absolute Gasteiger partial charge is 0.495 e. The molecule has 3 rings (SSSR count). The molecule has 1 fully saturated rings. The number of anilines is 1. The summed E-state index contributed by atoms with van der Waals surface area (Å²) in [6.07, 6.45) is -1.72. The van der Waals surface area contributed by atoms with E-state index in [2.05, 4.69) is 5.32 Å². The molecule has 0 radical (unpaired) electrons. The molecule has 1 aromatic carbocycles. The molecule has 0 bridgehead atoms. The lowest BCUT2D eigenvalue weighted by molar-refractivity contribution is -0.171. The maximum Gasteiger partial charge on any atom is 0.471 e. The molecule has 0 spiro atoms. The van der Waals surface area contributed by atoms with Gasteiger partial charge in [0.1, 0.15) is 5.75 Å². The lowest BCUT2D eigenvalue weighted by Crippen LogP contribution is -2.50. The average molecular weight is 426 g/mol. The van der Waals surface area contributed by atoms with Crippen molar-refractivity contribution in [2.24, 2.45) is 0 Å². The Morgan fingerprint density at radius 3 is 2.45 bits per heavy atom. The van der Waals surface area contributed by atoms with Crippen molar-refractivity contribution in [3.8, 4) is 5.75 Å². The summed E-state index contributed by atoms with van der Waals surface area (Å²) in [4.78, 5) is 26.5. The molecule has 1 heterocycles. The van der Waals surface area contributed by atoms with Crippen LogP contribution in [0.1, 0.15) is 36.6 Å². The third-order valence-electron chi connectivity index (χ3n) is 4.83. The van der Waals surface area contributed by atoms with E-state index in [1.807, 2.05) is 0 Å². The zero-order valence-corrected chi connectivity index (χ0v) is 16.6. The van der Waals surface area contributed by atoms with E-state index < -0.39 is 24.0 Å². The Balaban J connectivity index is 2.09. The van der Waals surface area contributed by atoms with Gasteiger partial charge in [-0.05, 0) is 36.4 Å². The number of rotatable bonds is 6. The molecule has 5 nitrogen and oxygen atoms in total. The van der Waals surface area contributed by atoms with Crippen LogP contribution in [-0.2, 0) is 9.59 Å². The first-order chi connectivity index (χ1) is 13.8. The highest BCUT2D eigenvalue weighted by atomic mass is 32.1. The van der Waals surface area contributed by atoms with Crippen molar-refractivity contribution in [1.29, 1.82) is 0 Å². The Morgan fingerprint density at radius 2 is 1.86 bits per heavy atom. The first-order valence-electron chi connectivity index (χ1n) is 9.20. The molecule has 1 aliphatic rings. The van der Waals surface area contributed by atoms with Crippen molar-refractivity contribution in [2.45, 2.75) is 43.9 Å². The summed E-state index contributed by atoms with van der Waals surface area (Å²) in [6, 6.07) is 7.49. The van der Waals surface area contributed by atoms with Gasteiger partial charge in [0.05, 0.1) is 12.8 Å². The first kappa shape index (κ1) is 21.2. The average Bonchev–Trinajstić information content (AvgIpc) is 3.38.